The van der Waals surface area contributed by atoms with Gasteiger partial charge in [-0.1, -0.05) is 18.0 Å². The van der Waals surface area contributed by atoms with Crippen LogP contribution >= 0.6 is 0 Å². The van der Waals surface area contributed by atoms with Crippen LogP contribution in [0.2, 0.25) is 0 Å². The van der Waals surface area contributed by atoms with Crippen LogP contribution in [0.3, 0.4) is 0 Å². The molecule has 3 fully saturated rings. The number of carbonyl (C=O) groups excluding carboxylic acids is 1. The Morgan fingerprint density at radius 3 is 2.67 bits per heavy atom. The fourth-order valence-corrected chi connectivity index (χ4v) is 4.67. The number of hydrogen-bond acceptors (Lipinski definition) is 6. The quantitative estimate of drug-likeness (QED) is 0.760. The Balaban J connectivity index is 1.31. The van der Waals surface area contributed by atoms with E-state index >= 15 is 0 Å². The van der Waals surface area contributed by atoms with Crippen molar-refractivity contribution in [3.63, 3.8) is 0 Å². The summed E-state index contributed by atoms with van der Waals surface area (Å²) < 4.78 is 10.6. The second-order valence-electron chi connectivity index (χ2n) is 8.37. The van der Waals surface area contributed by atoms with Crippen LogP contribution in [0, 0.1) is 5.92 Å². The Morgan fingerprint density at radius 1 is 1.11 bits per heavy atom. The van der Waals surface area contributed by atoms with Gasteiger partial charge < -0.3 is 14.2 Å². The molecule has 0 bridgehead atoms. The smallest absolute Gasteiger partial charge is 0.248 e. The second-order valence-corrected chi connectivity index (χ2v) is 8.37. The number of aromatic nitrogens is 2. The maximum absolute atomic E-state index is 12.5. The highest BCUT2D eigenvalue weighted by molar-refractivity contribution is 5.77. The third-order valence-electron chi connectivity index (χ3n) is 6.35. The van der Waals surface area contributed by atoms with Gasteiger partial charge in [-0.3, -0.25) is 9.69 Å². The van der Waals surface area contributed by atoms with E-state index < -0.39 is 0 Å². The molecular formula is C20H32N4O3. The Bertz CT molecular complexity index is 622. The summed E-state index contributed by atoms with van der Waals surface area (Å²) in [5, 5.41) is 4.12. The molecule has 1 atom stereocenters. The minimum absolute atomic E-state index is 0.158. The van der Waals surface area contributed by atoms with E-state index in [4.69, 9.17) is 9.26 Å². The fourth-order valence-electron chi connectivity index (χ4n) is 4.67. The predicted molar refractivity (Wildman–Crippen MR) is 100 cm³/mol. The van der Waals surface area contributed by atoms with Gasteiger partial charge in [0, 0.05) is 25.6 Å². The Labute approximate surface area is 161 Å². The van der Waals surface area contributed by atoms with Crippen LogP contribution in [-0.4, -0.2) is 65.2 Å². The van der Waals surface area contributed by atoms with E-state index in [0.29, 0.717) is 17.9 Å². The van der Waals surface area contributed by atoms with Gasteiger partial charge in [0.2, 0.25) is 11.8 Å². The number of ether oxygens (including phenoxy) is 1. The molecule has 0 spiro atoms. The molecule has 1 aromatic heterocycles. The molecule has 1 unspecified atom stereocenters. The normalized spacial score (nSPS) is 25.5. The maximum Gasteiger partial charge on any atom is 0.248 e. The molecule has 1 amide bonds. The molecule has 4 rings (SSSR count). The summed E-state index contributed by atoms with van der Waals surface area (Å²) in [7, 11) is 1.61. The van der Waals surface area contributed by atoms with Crippen molar-refractivity contribution in [1.29, 1.82) is 0 Å². The predicted octanol–water partition coefficient (Wildman–Crippen LogP) is 2.58. The number of methoxy groups -OCH3 is 1. The lowest BCUT2D eigenvalue weighted by atomic mass is 9.86. The summed E-state index contributed by atoms with van der Waals surface area (Å²) in [6, 6.07) is 0.377. The van der Waals surface area contributed by atoms with Crippen molar-refractivity contribution in [3.05, 3.63) is 11.7 Å². The minimum atomic E-state index is 0.158. The van der Waals surface area contributed by atoms with E-state index in [-0.39, 0.29) is 12.5 Å². The molecule has 2 aliphatic heterocycles. The van der Waals surface area contributed by atoms with Crippen LogP contribution in [0.15, 0.2) is 4.52 Å². The average Bonchev–Trinajstić information content (AvgIpc) is 3.47. The number of rotatable bonds is 6. The van der Waals surface area contributed by atoms with E-state index in [1.54, 1.807) is 7.11 Å². The summed E-state index contributed by atoms with van der Waals surface area (Å²) in [6.45, 7) is 3.92. The molecule has 1 aliphatic carbocycles. The van der Waals surface area contributed by atoms with Gasteiger partial charge >= 0.3 is 0 Å². The molecule has 27 heavy (non-hydrogen) atoms. The largest absolute Gasteiger partial charge is 0.375 e. The highest BCUT2D eigenvalue weighted by Gasteiger charge is 2.34. The molecule has 2 saturated heterocycles. The summed E-state index contributed by atoms with van der Waals surface area (Å²) in [5.41, 5.74) is 0. The number of nitrogens with zero attached hydrogens (tertiary/aromatic N) is 4. The monoisotopic (exact) mass is 376 g/mol. The van der Waals surface area contributed by atoms with E-state index in [1.807, 2.05) is 0 Å². The van der Waals surface area contributed by atoms with Crippen molar-refractivity contribution in [3.8, 4) is 0 Å². The number of hydrogen-bond donors (Lipinski definition) is 0. The first kappa shape index (κ1) is 18.9. The van der Waals surface area contributed by atoms with Crippen LogP contribution in [0.25, 0.3) is 0 Å². The van der Waals surface area contributed by atoms with Crippen LogP contribution in [0.1, 0.15) is 69.0 Å². The van der Waals surface area contributed by atoms with E-state index in [9.17, 15) is 4.79 Å². The second kappa shape index (κ2) is 8.69. The number of amides is 1. The number of piperidine rings is 1. The van der Waals surface area contributed by atoms with Gasteiger partial charge in [0.25, 0.3) is 0 Å². The van der Waals surface area contributed by atoms with Crippen molar-refractivity contribution >= 4 is 5.91 Å². The average molecular weight is 377 g/mol. The van der Waals surface area contributed by atoms with Crippen LogP contribution in [-0.2, 0) is 16.1 Å². The molecule has 7 heteroatoms. The van der Waals surface area contributed by atoms with Crippen molar-refractivity contribution < 1.29 is 14.1 Å². The molecule has 1 saturated carbocycles. The highest BCUT2D eigenvalue weighted by Crippen LogP contribution is 2.38. The Morgan fingerprint density at radius 2 is 1.93 bits per heavy atom. The number of likely N-dealkylation sites (tertiary alicyclic amines) is 2. The molecule has 0 N–H and O–H groups in total. The van der Waals surface area contributed by atoms with Crippen molar-refractivity contribution in [2.45, 2.75) is 69.9 Å². The first-order valence-corrected chi connectivity index (χ1v) is 10.6. The molecule has 0 aromatic carbocycles. The van der Waals surface area contributed by atoms with Gasteiger partial charge in [-0.2, -0.15) is 4.98 Å². The standard InChI is InChI=1S/C20H32N4O3/c1-26-14-19(25)24-10-4-2-3-5-17(24)15-8-11-23(12-9-15)13-18-21-20(22-27-18)16-6-7-16/h15-17H,2-14H2,1H3. The van der Waals surface area contributed by atoms with Gasteiger partial charge in [-0.05, 0) is 57.5 Å². The van der Waals surface area contributed by atoms with Gasteiger partial charge in [-0.15, -0.1) is 0 Å². The van der Waals surface area contributed by atoms with E-state index in [2.05, 4.69) is 19.9 Å². The molecule has 150 valence electrons. The van der Waals surface area contributed by atoms with Crippen LogP contribution in [0.5, 0.6) is 0 Å². The minimum Gasteiger partial charge on any atom is -0.375 e. The highest BCUT2D eigenvalue weighted by atomic mass is 16.5. The zero-order valence-electron chi connectivity index (χ0n) is 16.4. The molecule has 3 aliphatic rings. The lowest BCUT2D eigenvalue weighted by molar-refractivity contribution is -0.139. The Kier molecular flexibility index (Phi) is 6.08. The summed E-state index contributed by atoms with van der Waals surface area (Å²) in [5.74, 6) is 2.93. The maximum atomic E-state index is 12.5. The van der Waals surface area contributed by atoms with E-state index in [1.165, 1.54) is 25.7 Å². The SMILES string of the molecule is COCC(=O)N1CCCCCC1C1CCN(Cc2nc(C3CC3)no2)CC1. The van der Waals surface area contributed by atoms with Crippen LogP contribution < -0.4 is 0 Å². The summed E-state index contributed by atoms with van der Waals surface area (Å²) >= 11 is 0. The van der Waals surface area contributed by atoms with Gasteiger partial charge in [0.1, 0.15) is 6.61 Å². The van der Waals surface area contributed by atoms with Crippen molar-refractivity contribution in [2.75, 3.05) is 33.4 Å². The van der Waals surface area contributed by atoms with Crippen molar-refractivity contribution in [1.82, 2.24) is 19.9 Å². The summed E-state index contributed by atoms with van der Waals surface area (Å²) in [6.07, 6.45) is 9.37. The summed E-state index contributed by atoms with van der Waals surface area (Å²) in [4.78, 5) is 21.6. The number of carbonyl (C=O) groups is 1. The molecule has 0 radical (unpaired) electrons. The van der Waals surface area contributed by atoms with E-state index in [0.717, 1.165) is 63.6 Å². The third-order valence-corrected chi connectivity index (χ3v) is 6.35. The molecule has 3 heterocycles. The van der Waals surface area contributed by atoms with Gasteiger partial charge in [-0.25, -0.2) is 0 Å². The molecule has 7 nitrogen and oxygen atoms in total. The van der Waals surface area contributed by atoms with Crippen molar-refractivity contribution in [2.24, 2.45) is 5.92 Å². The lowest BCUT2D eigenvalue weighted by Gasteiger charge is -2.40. The fraction of sp³-hybridized carbons (Fsp3) is 0.850. The molecular weight excluding hydrogens is 344 g/mol. The lowest BCUT2D eigenvalue weighted by Crippen LogP contribution is -2.48. The van der Waals surface area contributed by atoms with Crippen LogP contribution in [0.4, 0.5) is 0 Å². The van der Waals surface area contributed by atoms with Gasteiger partial charge in [0.15, 0.2) is 5.82 Å². The first-order chi connectivity index (χ1) is 13.2. The Hall–Kier alpha value is -1.47. The molecule has 1 aromatic rings. The topological polar surface area (TPSA) is 71.7 Å². The zero-order valence-corrected chi connectivity index (χ0v) is 16.4. The zero-order chi connectivity index (χ0) is 18.6. The first-order valence-electron chi connectivity index (χ1n) is 10.6. The third kappa shape index (κ3) is 4.69. The van der Waals surface area contributed by atoms with Gasteiger partial charge in [0.05, 0.1) is 6.54 Å².